The second-order valence-electron chi connectivity index (χ2n) is 4.67. The highest BCUT2D eigenvalue weighted by atomic mass is 16.5. The topological polar surface area (TPSA) is 48.4 Å². The van der Waals surface area contributed by atoms with Gasteiger partial charge in [-0.1, -0.05) is 12.6 Å². The Kier molecular flexibility index (Phi) is 6.18. The molecule has 0 unspecified atom stereocenters. The first-order chi connectivity index (χ1) is 10.8. The number of carbonyl (C=O) groups excluding carboxylic acids is 1. The minimum Gasteiger partial charge on any atom is -0.494 e. The van der Waals surface area contributed by atoms with Crippen LogP contribution in [0.4, 0.5) is 0 Å². The molecule has 1 aromatic heterocycles. The van der Waals surface area contributed by atoms with Crippen molar-refractivity contribution in [2.24, 2.45) is 0 Å². The normalized spacial score (nSPS) is 10.0. The van der Waals surface area contributed by atoms with E-state index in [0.29, 0.717) is 13.2 Å². The summed E-state index contributed by atoms with van der Waals surface area (Å²) in [4.78, 5) is 15.1. The largest absolute Gasteiger partial charge is 0.494 e. The molecule has 0 spiro atoms. The predicted octanol–water partition coefficient (Wildman–Crippen LogP) is 3.64. The number of hydrogen-bond donors (Lipinski definition) is 0. The summed E-state index contributed by atoms with van der Waals surface area (Å²) in [6, 6.07) is 13.7. The molecule has 0 radical (unpaired) electrons. The summed E-state index contributed by atoms with van der Waals surface area (Å²) in [5, 5.41) is 0. The van der Waals surface area contributed by atoms with E-state index in [9.17, 15) is 4.79 Å². The number of rotatable bonds is 8. The summed E-state index contributed by atoms with van der Waals surface area (Å²) in [6.45, 7) is 4.33. The molecule has 0 saturated heterocycles. The monoisotopic (exact) mass is 297 g/mol. The lowest BCUT2D eigenvalue weighted by Crippen LogP contribution is -2.04. The molecule has 0 bridgehead atoms. The van der Waals surface area contributed by atoms with Crippen molar-refractivity contribution in [3.63, 3.8) is 0 Å². The minimum absolute atomic E-state index is 0.383. The zero-order chi connectivity index (χ0) is 15.6. The van der Waals surface area contributed by atoms with Crippen molar-refractivity contribution in [1.29, 1.82) is 0 Å². The maximum Gasteiger partial charge on any atom is 0.330 e. The third-order valence-electron chi connectivity index (χ3n) is 3.03. The zero-order valence-corrected chi connectivity index (χ0v) is 12.4. The fraction of sp³-hybridized carbons (Fsp3) is 0.222. The van der Waals surface area contributed by atoms with Crippen LogP contribution >= 0.6 is 0 Å². The molecule has 0 N–H and O–H groups in total. The maximum atomic E-state index is 10.8. The lowest BCUT2D eigenvalue weighted by molar-refractivity contribution is -0.137. The standard InChI is InChI=1S/C18H19NO3/c1-2-18(20)22-14-6-5-13-21-16-10-8-15(9-11-16)17-7-3-4-12-19-17/h2-4,7-12H,1,5-6,13-14H2. The second kappa shape index (κ2) is 8.62. The first-order valence-corrected chi connectivity index (χ1v) is 7.23. The van der Waals surface area contributed by atoms with Crippen LogP contribution in [0.2, 0.25) is 0 Å². The maximum absolute atomic E-state index is 10.8. The summed E-state index contributed by atoms with van der Waals surface area (Å²) in [7, 11) is 0. The smallest absolute Gasteiger partial charge is 0.330 e. The molecule has 0 aliphatic rings. The molecule has 0 aliphatic heterocycles. The van der Waals surface area contributed by atoms with Gasteiger partial charge in [0.05, 0.1) is 18.9 Å². The van der Waals surface area contributed by atoms with Gasteiger partial charge in [-0.3, -0.25) is 4.98 Å². The van der Waals surface area contributed by atoms with Gasteiger partial charge in [-0.15, -0.1) is 0 Å². The molecule has 1 aromatic carbocycles. The van der Waals surface area contributed by atoms with Gasteiger partial charge in [0.2, 0.25) is 0 Å². The third kappa shape index (κ3) is 5.05. The van der Waals surface area contributed by atoms with Crippen LogP contribution in [0.3, 0.4) is 0 Å². The lowest BCUT2D eigenvalue weighted by atomic mass is 10.1. The molecule has 22 heavy (non-hydrogen) atoms. The van der Waals surface area contributed by atoms with E-state index in [0.717, 1.165) is 29.8 Å². The first kappa shape index (κ1) is 15.8. The summed E-state index contributed by atoms with van der Waals surface area (Å²) in [5.41, 5.74) is 2.00. The molecule has 1 heterocycles. The van der Waals surface area contributed by atoms with Gasteiger partial charge in [-0.05, 0) is 49.2 Å². The van der Waals surface area contributed by atoms with E-state index in [1.165, 1.54) is 6.08 Å². The zero-order valence-electron chi connectivity index (χ0n) is 12.4. The van der Waals surface area contributed by atoms with Crippen molar-refractivity contribution in [3.05, 3.63) is 61.3 Å². The molecule has 0 aliphatic carbocycles. The van der Waals surface area contributed by atoms with E-state index in [1.54, 1.807) is 6.20 Å². The van der Waals surface area contributed by atoms with Crippen molar-refractivity contribution in [2.75, 3.05) is 13.2 Å². The predicted molar refractivity (Wildman–Crippen MR) is 85.6 cm³/mol. The summed E-state index contributed by atoms with van der Waals surface area (Å²) in [5.74, 6) is 0.439. The molecule has 2 aromatic rings. The van der Waals surface area contributed by atoms with Crippen molar-refractivity contribution >= 4 is 5.97 Å². The molecule has 2 rings (SSSR count). The Morgan fingerprint density at radius 3 is 2.55 bits per heavy atom. The van der Waals surface area contributed by atoms with Crippen LogP contribution in [0, 0.1) is 0 Å². The average Bonchev–Trinajstić information content (AvgIpc) is 2.59. The Morgan fingerprint density at radius 2 is 1.86 bits per heavy atom. The third-order valence-corrected chi connectivity index (χ3v) is 3.03. The Balaban J connectivity index is 1.71. The Labute approximate surface area is 130 Å². The number of unbranched alkanes of at least 4 members (excludes halogenated alkanes) is 1. The van der Waals surface area contributed by atoms with Crippen molar-refractivity contribution < 1.29 is 14.3 Å². The van der Waals surface area contributed by atoms with E-state index in [-0.39, 0.29) is 5.97 Å². The number of hydrogen-bond acceptors (Lipinski definition) is 4. The molecule has 4 heteroatoms. The van der Waals surface area contributed by atoms with Gasteiger partial charge in [0.25, 0.3) is 0 Å². The Bertz CT molecular complexity index is 593. The molecule has 0 saturated carbocycles. The van der Waals surface area contributed by atoms with Crippen LogP contribution in [0.25, 0.3) is 11.3 Å². The Hall–Kier alpha value is -2.62. The molecule has 0 atom stereocenters. The fourth-order valence-electron chi connectivity index (χ4n) is 1.88. The minimum atomic E-state index is -0.383. The summed E-state index contributed by atoms with van der Waals surface area (Å²) < 4.78 is 10.5. The Morgan fingerprint density at radius 1 is 1.09 bits per heavy atom. The molecule has 114 valence electrons. The van der Waals surface area contributed by atoms with E-state index in [1.807, 2.05) is 42.5 Å². The number of esters is 1. The molecular formula is C18H19NO3. The number of benzene rings is 1. The number of aromatic nitrogens is 1. The molecule has 4 nitrogen and oxygen atoms in total. The van der Waals surface area contributed by atoms with E-state index >= 15 is 0 Å². The summed E-state index contributed by atoms with van der Waals surface area (Å²) in [6.07, 6.45) is 4.54. The van der Waals surface area contributed by atoms with Crippen LogP contribution < -0.4 is 4.74 Å². The van der Waals surface area contributed by atoms with Crippen LogP contribution in [-0.4, -0.2) is 24.2 Å². The highest BCUT2D eigenvalue weighted by Crippen LogP contribution is 2.20. The van der Waals surface area contributed by atoms with Crippen molar-refractivity contribution in [2.45, 2.75) is 12.8 Å². The quantitative estimate of drug-likeness (QED) is 0.424. The van der Waals surface area contributed by atoms with Crippen LogP contribution in [0.15, 0.2) is 61.3 Å². The first-order valence-electron chi connectivity index (χ1n) is 7.23. The number of carbonyl (C=O) groups is 1. The van der Waals surface area contributed by atoms with Crippen LogP contribution in [0.5, 0.6) is 5.75 Å². The second-order valence-corrected chi connectivity index (χ2v) is 4.67. The SMILES string of the molecule is C=CC(=O)OCCCCOc1ccc(-c2ccccn2)cc1. The number of pyridine rings is 1. The van der Waals surface area contributed by atoms with Gasteiger partial charge >= 0.3 is 5.97 Å². The van der Waals surface area contributed by atoms with Crippen LogP contribution in [0.1, 0.15) is 12.8 Å². The summed E-state index contributed by atoms with van der Waals surface area (Å²) >= 11 is 0. The van der Waals surface area contributed by atoms with Gasteiger partial charge in [0, 0.05) is 17.8 Å². The highest BCUT2D eigenvalue weighted by Gasteiger charge is 2.00. The highest BCUT2D eigenvalue weighted by molar-refractivity contribution is 5.81. The van der Waals surface area contributed by atoms with Gasteiger partial charge < -0.3 is 9.47 Å². The average molecular weight is 297 g/mol. The van der Waals surface area contributed by atoms with Crippen LogP contribution in [-0.2, 0) is 9.53 Å². The van der Waals surface area contributed by atoms with E-state index in [2.05, 4.69) is 11.6 Å². The number of ether oxygens (including phenoxy) is 2. The lowest BCUT2D eigenvalue weighted by Gasteiger charge is -2.07. The molecular weight excluding hydrogens is 278 g/mol. The van der Waals surface area contributed by atoms with Gasteiger partial charge in [-0.2, -0.15) is 0 Å². The van der Waals surface area contributed by atoms with Gasteiger partial charge in [-0.25, -0.2) is 4.79 Å². The van der Waals surface area contributed by atoms with Crippen molar-refractivity contribution in [3.8, 4) is 17.0 Å². The molecule has 0 fully saturated rings. The van der Waals surface area contributed by atoms with Gasteiger partial charge in [0.15, 0.2) is 0 Å². The van der Waals surface area contributed by atoms with E-state index < -0.39 is 0 Å². The van der Waals surface area contributed by atoms with E-state index in [4.69, 9.17) is 9.47 Å². The van der Waals surface area contributed by atoms with Gasteiger partial charge in [0.1, 0.15) is 5.75 Å². The number of nitrogens with zero attached hydrogens (tertiary/aromatic N) is 1. The van der Waals surface area contributed by atoms with Crippen molar-refractivity contribution in [1.82, 2.24) is 4.98 Å². The molecule has 0 amide bonds. The fourth-order valence-corrected chi connectivity index (χ4v) is 1.88.